The van der Waals surface area contributed by atoms with Crippen molar-refractivity contribution in [3.8, 4) is 5.75 Å². The normalized spacial score (nSPS) is 17.1. The van der Waals surface area contributed by atoms with Crippen molar-refractivity contribution >= 4 is 11.6 Å². The molecule has 40 heavy (non-hydrogen) atoms. The van der Waals surface area contributed by atoms with Crippen LogP contribution < -0.4 is 9.64 Å². The second-order valence-electron chi connectivity index (χ2n) is 10.2. The molecule has 4 rings (SSSR count). The number of amides is 1. The summed E-state index contributed by atoms with van der Waals surface area (Å²) in [5, 5.41) is 9.98. The lowest BCUT2D eigenvalue weighted by atomic mass is 9.89. The molecule has 0 aromatic heterocycles. The molecule has 4 nitrogen and oxygen atoms in total. The minimum absolute atomic E-state index is 0.0218. The molecule has 0 saturated heterocycles. The fourth-order valence-electron chi connectivity index (χ4n) is 4.87. The van der Waals surface area contributed by atoms with E-state index in [0.717, 1.165) is 17.2 Å². The Hall–Kier alpha value is -3.53. The van der Waals surface area contributed by atoms with Crippen LogP contribution in [0.2, 0.25) is 0 Å². The minimum Gasteiger partial charge on any atom is -0.489 e. The maximum absolute atomic E-state index is 13.8. The van der Waals surface area contributed by atoms with Crippen LogP contribution in [0.4, 0.5) is 32.0 Å². The molecule has 214 valence electrons. The Morgan fingerprint density at radius 3 is 2.17 bits per heavy atom. The van der Waals surface area contributed by atoms with Gasteiger partial charge in [-0.2, -0.15) is 26.3 Å². The molecule has 0 bridgehead atoms. The summed E-state index contributed by atoms with van der Waals surface area (Å²) in [6.07, 6.45) is -12.4. The van der Waals surface area contributed by atoms with Gasteiger partial charge in [0.1, 0.15) is 11.9 Å². The predicted molar refractivity (Wildman–Crippen MR) is 138 cm³/mol. The molecule has 2 atom stereocenters. The Kier molecular flexibility index (Phi) is 7.95. The van der Waals surface area contributed by atoms with Gasteiger partial charge in [-0.3, -0.25) is 4.79 Å². The van der Waals surface area contributed by atoms with Gasteiger partial charge in [-0.25, -0.2) is 0 Å². The number of hydrogen-bond donors (Lipinski definition) is 1. The summed E-state index contributed by atoms with van der Waals surface area (Å²) >= 11 is 0. The number of halogens is 6. The summed E-state index contributed by atoms with van der Waals surface area (Å²) in [5.74, 6) is -0.513. The monoisotopic (exact) mass is 565 g/mol. The van der Waals surface area contributed by atoms with Crippen LogP contribution in [-0.2, 0) is 16.8 Å². The van der Waals surface area contributed by atoms with Gasteiger partial charge in [0.15, 0.2) is 0 Å². The van der Waals surface area contributed by atoms with Crippen LogP contribution in [0, 0.1) is 13.8 Å². The molecule has 1 aliphatic rings. The van der Waals surface area contributed by atoms with Gasteiger partial charge < -0.3 is 14.7 Å². The highest BCUT2D eigenvalue weighted by molar-refractivity contribution is 5.98. The smallest absolute Gasteiger partial charge is 0.430 e. The lowest BCUT2D eigenvalue weighted by Gasteiger charge is -2.34. The number of rotatable bonds is 5. The van der Waals surface area contributed by atoms with Crippen molar-refractivity contribution in [3.63, 3.8) is 0 Å². The number of aryl methyl sites for hydroxylation is 3. The second-order valence-corrected chi connectivity index (χ2v) is 10.2. The first-order valence-corrected chi connectivity index (χ1v) is 12.7. The average Bonchev–Trinajstić information content (AvgIpc) is 3.07. The van der Waals surface area contributed by atoms with Gasteiger partial charge >= 0.3 is 12.4 Å². The number of carbonyl (C=O) groups excluding carboxylic acids is 1. The van der Waals surface area contributed by atoms with Crippen molar-refractivity contribution in [1.29, 1.82) is 0 Å². The zero-order valence-corrected chi connectivity index (χ0v) is 22.1. The topological polar surface area (TPSA) is 49.8 Å². The van der Waals surface area contributed by atoms with Gasteiger partial charge in [0.05, 0.1) is 12.5 Å². The molecule has 0 aliphatic carbocycles. The lowest BCUT2D eigenvalue weighted by Crippen LogP contribution is -2.54. The first-order chi connectivity index (χ1) is 18.6. The largest absolute Gasteiger partial charge is 0.489 e. The van der Waals surface area contributed by atoms with Crippen LogP contribution >= 0.6 is 0 Å². The predicted octanol–water partition coefficient (Wildman–Crippen LogP) is 7.15. The molecule has 3 aromatic carbocycles. The molecule has 1 N–H and O–H groups in total. The third-order valence-electron chi connectivity index (χ3n) is 7.45. The molecule has 1 amide bonds. The molecular formula is C30H29F6NO3. The van der Waals surface area contributed by atoms with Crippen LogP contribution in [0.3, 0.4) is 0 Å². The third-order valence-corrected chi connectivity index (χ3v) is 7.45. The van der Waals surface area contributed by atoms with Gasteiger partial charge in [0.2, 0.25) is 5.91 Å². The van der Waals surface area contributed by atoms with Crippen molar-refractivity contribution in [2.24, 2.45) is 0 Å². The van der Waals surface area contributed by atoms with E-state index in [1.165, 1.54) is 4.90 Å². The average molecular weight is 566 g/mol. The summed E-state index contributed by atoms with van der Waals surface area (Å²) in [4.78, 5) is 15.1. The lowest BCUT2D eigenvalue weighted by molar-refractivity contribution is -0.376. The van der Waals surface area contributed by atoms with E-state index in [2.05, 4.69) is 0 Å². The minimum atomic E-state index is -6.02. The van der Waals surface area contributed by atoms with E-state index in [1.54, 1.807) is 43.3 Å². The molecular weight excluding hydrogens is 536 g/mol. The van der Waals surface area contributed by atoms with Gasteiger partial charge in [-0.05, 0) is 74.1 Å². The molecule has 0 saturated carbocycles. The first kappa shape index (κ1) is 29.5. The number of fused-ring (bicyclic) bond motifs is 1. The highest BCUT2D eigenvalue weighted by Crippen LogP contribution is 2.51. The number of aliphatic hydroxyl groups is 1. The summed E-state index contributed by atoms with van der Waals surface area (Å²) in [6.45, 7) is 5.56. The second kappa shape index (κ2) is 10.8. The van der Waals surface area contributed by atoms with Crippen molar-refractivity contribution in [1.82, 2.24) is 0 Å². The Balaban J connectivity index is 1.77. The summed E-state index contributed by atoms with van der Waals surface area (Å²) < 4.78 is 87.8. The van der Waals surface area contributed by atoms with Crippen LogP contribution in [0.5, 0.6) is 5.75 Å². The molecule has 10 heteroatoms. The standard InChI is InChI=1S/C30H29F6NO3/c1-18-9-12-24(15-19(18)2)40-25-13-10-22-16-23(28(39,29(31,32)33)30(34,35)36)11-14-26(22)37(17-25)27(38)20(3)21-7-5-4-6-8-21/h4-9,11-12,14-16,20,25,39H,10,13,17H2,1-3H3/t20-,25-/m0/s1. The summed E-state index contributed by atoms with van der Waals surface area (Å²) in [5.41, 5.74) is -3.46. The van der Waals surface area contributed by atoms with E-state index >= 15 is 0 Å². The van der Waals surface area contributed by atoms with E-state index in [0.29, 0.717) is 23.4 Å². The number of carbonyl (C=O) groups is 1. The van der Waals surface area contributed by atoms with Gasteiger partial charge in [0, 0.05) is 11.3 Å². The van der Waals surface area contributed by atoms with Gasteiger partial charge in [-0.15, -0.1) is 0 Å². The molecule has 0 unspecified atom stereocenters. The number of hydrogen-bond acceptors (Lipinski definition) is 3. The summed E-state index contributed by atoms with van der Waals surface area (Å²) in [6, 6.07) is 16.6. The van der Waals surface area contributed by atoms with Crippen molar-refractivity contribution < 1.29 is 41.0 Å². The van der Waals surface area contributed by atoms with Crippen molar-refractivity contribution in [3.05, 3.63) is 94.5 Å². The SMILES string of the molecule is Cc1ccc(O[C@H]2CCc3cc(C(O)(C(F)(F)F)C(F)(F)F)ccc3N(C(=O)[C@@H](C)c3ccccc3)C2)cc1C. The molecule has 1 aliphatic heterocycles. The molecule has 0 spiro atoms. The first-order valence-electron chi connectivity index (χ1n) is 12.7. The van der Waals surface area contributed by atoms with Crippen LogP contribution in [0.25, 0.3) is 0 Å². The maximum Gasteiger partial charge on any atom is 0.430 e. The van der Waals surface area contributed by atoms with Crippen molar-refractivity contribution in [2.75, 3.05) is 11.4 Å². The van der Waals surface area contributed by atoms with Crippen LogP contribution in [0.15, 0.2) is 66.7 Å². The third kappa shape index (κ3) is 5.54. The number of alkyl halides is 6. The Bertz CT molecular complexity index is 1360. The van der Waals surface area contributed by atoms with Gasteiger partial charge in [0.25, 0.3) is 5.60 Å². The summed E-state index contributed by atoms with van der Waals surface area (Å²) in [7, 11) is 0. The molecule has 3 aromatic rings. The zero-order valence-electron chi connectivity index (χ0n) is 22.1. The highest BCUT2D eigenvalue weighted by Gasteiger charge is 2.71. The van der Waals surface area contributed by atoms with Crippen LogP contribution in [-0.4, -0.2) is 36.0 Å². The quantitative estimate of drug-likeness (QED) is 0.335. The molecule has 1 heterocycles. The van der Waals surface area contributed by atoms with Gasteiger partial charge in [-0.1, -0.05) is 48.5 Å². The maximum atomic E-state index is 13.8. The number of ether oxygens (including phenoxy) is 1. The van der Waals surface area contributed by atoms with E-state index in [4.69, 9.17) is 4.74 Å². The zero-order chi connectivity index (χ0) is 29.5. The van der Waals surface area contributed by atoms with E-state index in [9.17, 15) is 36.2 Å². The Morgan fingerprint density at radius 2 is 1.57 bits per heavy atom. The fraction of sp³-hybridized carbons (Fsp3) is 0.367. The van der Waals surface area contributed by atoms with Crippen LogP contribution in [0.1, 0.15) is 47.1 Å². The Labute approximate surface area is 228 Å². The van der Waals surface area contributed by atoms with E-state index in [-0.39, 0.29) is 30.6 Å². The number of benzene rings is 3. The number of anilines is 1. The highest BCUT2D eigenvalue weighted by atomic mass is 19.4. The number of nitrogens with zero attached hydrogens (tertiary/aromatic N) is 1. The fourth-order valence-corrected chi connectivity index (χ4v) is 4.87. The Morgan fingerprint density at radius 1 is 0.925 bits per heavy atom. The van der Waals surface area contributed by atoms with E-state index in [1.807, 2.05) is 26.0 Å². The van der Waals surface area contributed by atoms with E-state index < -0.39 is 41.4 Å². The molecule has 0 fully saturated rings. The molecule has 0 radical (unpaired) electrons. The van der Waals surface area contributed by atoms with Crippen molar-refractivity contribution in [2.45, 2.75) is 63.6 Å².